The first-order valence-electron chi connectivity index (χ1n) is 2.63. The first-order valence-corrected chi connectivity index (χ1v) is 2.63. The Morgan fingerprint density at radius 3 is 3.00 bits per heavy atom. The lowest BCUT2D eigenvalue weighted by Crippen LogP contribution is -2.08. The molecule has 0 bridgehead atoms. The van der Waals surface area contributed by atoms with E-state index in [2.05, 4.69) is 9.72 Å². The highest BCUT2D eigenvalue weighted by Crippen LogP contribution is 2.03. The van der Waals surface area contributed by atoms with Crippen molar-refractivity contribution in [2.24, 2.45) is 0 Å². The van der Waals surface area contributed by atoms with E-state index in [1.54, 1.807) is 18.3 Å². The molecule has 0 saturated heterocycles. The molecule has 1 N–H and O–H groups in total. The Hall–Kier alpha value is -1.58. The molecule has 0 amide bonds. The SMILES string of the molecule is O=CC(=O)Oc1ccc[nH]1. The number of nitrogens with one attached hydrogen (secondary N) is 1. The predicted molar refractivity (Wildman–Crippen MR) is 32.5 cm³/mol. The van der Waals surface area contributed by atoms with Crippen LogP contribution in [0, 0.1) is 0 Å². The average Bonchev–Trinajstić information content (AvgIpc) is 2.40. The first-order chi connectivity index (χ1) is 4.83. The third kappa shape index (κ3) is 1.45. The highest BCUT2D eigenvalue weighted by molar-refractivity contribution is 6.21. The zero-order valence-corrected chi connectivity index (χ0v) is 5.03. The molecule has 1 heterocycles. The fourth-order valence-electron chi connectivity index (χ4n) is 0.510. The number of hydrogen-bond acceptors (Lipinski definition) is 3. The van der Waals surface area contributed by atoms with Crippen LogP contribution < -0.4 is 4.74 Å². The Balaban J connectivity index is 2.56. The summed E-state index contributed by atoms with van der Waals surface area (Å²) in [5.41, 5.74) is 0. The molecule has 0 saturated carbocycles. The molecule has 0 aliphatic rings. The van der Waals surface area contributed by atoms with Gasteiger partial charge in [-0.25, -0.2) is 4.79 Å². The van der Waals surface area contributed by atoms with Crippen LogP contribution in [0.4, 0.5) is 0 Å². The summed E-state index contributed by atoms with van der Waals surface area (Å²) in [7, 11) is 0. The maximum absolute atomic E-state index is 10.3. The summed E-state index contributed by atoms with van der Waals surface area (Å²) in [5.74, 6) is -0.625. The van der Waals surface area contributed by atoms with Gasteiger partial charge in [-0.3, -0.25) is 4.79 Å². The fraction of sp³-hybridized carbons (Fsp3) is 0. The predicted octanol–water partition coefficient (Wildman–Crippen LogP) is 0.119. The van der Waals surface area contributed by atoms with Gasteiger partial charge in [0.25, 0.3) is 0 Å². The summed E-state index contributed by atoms with van der Waals surface area (Å²) >= 11 is 0. The zero-order chi connectivity index (χ0) is 7.40. The van der Waals surface area contributed by atoms with Crippen molar-refractivity contribution in [3.05, 3.63) is 18.3 Å². The van der Waals surface area contributed by atoms with Crippen molar-refractivity contribution in [2.45, 2.75) is 0 Å². The number of esters is 1. The number of carbonyl (C=O) groups excluding carboxylic acids is 2. The van der Waals surface area contributed by atoms with Crippen LogP contribution in [0.1, 0.15) is 0 Å². The Bertz CT molecular complexity index is 227. The van der Waals surface area contributed by atoms with Crippen molar-refractivity contribution >= 4 is 12.3 Å². The molecule has 0 spiro atoms. The van der Waals surface area contributed by atoms with Crippen LogP contribution in [0.5, 0.6) is 5.88 Å². The van der Waals surface area contributed by atoms with E-state index < -0.39 is 5.97 Å². The van der Waals surface area contributed by atoms with E-state index in [0.29, 0.717) is 0 Å². The van der Waals surface area contributed by atoms with Crippen LogP contribution in [0.3, 0.4) is 0 Å². The quantitative estimate of drug-likeness (QED) is 0.359. The maximum Gasteiger partial charge on any atom is 0.377 e. The highest BCUT2D eigenvalue weighted by Gasteiger charge is 2.00. The topological polar surface area (TPSA) is 59.2 Å². The van der Waals surface area contributed by atoms with Crippen LogP contribution in [0.15, 0.2) is 18.3 Å². The Morgan fingerprint density at radius 1 is 1.70 bits per heavy atom. The number of aromatic amines is 1. The summed E-state index contributed by atoms with van der Waals surface area (Å²) < 4.78 is 4.44. The minimum absolute atomic E-state index is 0.112. The number of aldehydes is 1. The van der Waals surface area contributed by atoms with Crippen LogP contribution in [-0.2, 0) is 9.59 Å². The molecule has 4 heteroatoms. The van der Waals surface area contributed by atoms with Crippen molar-refractivity contribution in [3.8, 4) is 5.88 Å². The van der Waals surface area contributed by atoms with Gasteiger partial charge in [0.05, 0.1) is 0 Å². The average molecular weight is 139 g/mol. The van der Waals surface area contributed by atoms with Crippen LogP contribution in [0.25, 0.3) is 0 Å². The van der Waals surface area contributed by atoms with Gasteiger partial charge < -0.3 is 9.72 Å². The van der Waals surface area contributed by atoms with Crippen LogP contribution in [-0.4, -0.2) is 17.2 Å². The molecule has 52 valence electrons. The van der Waals surface area contributed by atoms with Crippen molar-refractivity contribution in [2.75, 3.05) is 0 Å². The standard InChI is InChI=1S/C6H5NO3/c8-4-6(9)10-5-2-1-3-7-5/h1-4,7H. The maximum atomic E-state index is 10.3. The Labute approximate surface area is 56.8 Å². The third-order valence-electron chi connectivity index (χ3n) is 0.876. The summed E-state index contributed by atoms with van der Waals surface area (Å²) in [6.45, 7) is 0. The molecule has 0 radical (unpaired) electrons. The first kappa shape index (κ1) is 6.54. The second-order valence-electron chi connectivity index (χ2n) is 1.57. The van der Waals surface area contributed by atoms with E-state index >= 15 is 0 Å². The van der Waals surface area contributed by atoms with E-state index in [1.165, 1.54) is 0 Å². The van der Waals surface area contributed by atoms with Crippen molar-refractivity contribution in [3.63, 3.8) is 0 Å². The number of ether oxygens (including phenoxy) is 1. The Morgan fingerprint density at radius 2 is 2.50 bits per heavy atom. The fourth-order valence-corrected chi connectivity index (χ4v) is 0.510. The van der Waals surface area contributed by atoms with Gasteiger partial charge in [0.2, 0.25) is 12.2 Å². The molecule has 0 aromatic carbocycles. The lowest BCUT2D eigenvalue weighted by atomic mass is 10.6. The van der Waals surface area contributed by atoms with E-state index in [-0.39, 0.29) is 12.2 Å². The highest BCUT2D eigenvalue weighted by atomic mass is 16.5. The number of carbonyl (C=O) groups is 2. The monoisotopic (exact) mass is 139 g/mol. The van der Waals surface area contributed by atoms with Crippen molar-refractivity contribution in [1.82, 2.24) is 4.98 Å². The second kappa shape index (κ2) is 2.82. The molecular formula is C6H5NO3. The molecule has 1 aromatic rings. The Kier molecular flexibility index (Phi) is 1.84. The normalized spacial score (nSPS) is 8.80. The lowest BCUT2D eigenvalue weighted by Gasteiger charge is -1.91. The number of H-pyrrole nitrogens is 1. The molecule has 0 aliphatic carbocycles. The molecule has 1 aromatic heterocycles. The molecule has 10 heavy (non-hydrogen) atoms. The largest absolute Gasteiger partial charge is 0.404 e. The van der Waals surface area contributed by atoms with Gasteiger partial charge >= 0.3 is 5.97 Å². The smallest absolute Gasteiger partial charge is 0.377 e. The van der Waals surface area contributed by atoms with Gasteiger partial charge in [-0.15, -0.1) is 0 Å². The van der Waals surface area contributed by atoms with Gasteiger partial charge in [-0.1, -0.05) is 0 Å². The van der Waals surface area contributed by atoms with E-state index in [9.17, 15) is 9.59 Å². The summed E-state index contributed by atoms with van der Waals surface area (Å²) in [5, 5.41) is 0. The number of rotatable bonds is 2. The summed E-state index contributed by atoms with van der Waals surface area (Å²) in [4.78, 5) is 22.6. The molecular weight excluding hydrogens is 134 g/mol. The van der Waals surface area contributed by atoms with E-state index in [1.807, 2.05) is 0 Å². The van der Waals surface area contributed by atoms with Crippen LogP contribution >= 0.6 is 0 Å². The lowest BCUT2D eigenvalue weighted by molar-refractivity contribution is -0.141. The van der Waals surface area contributed by atoms with Gasteiger partial charge in [0.15, 0.2) is 0 Å². The molecule has 0 aliphatic heterocycles. The second-order valence-corrected chi connectivity index (χ2v) is 1.57. The molecule has 0 atom stereocenters. The van der Waals surface area contributed by atoms with Gasteiger partial charge in [0.1, 0.15) is 0 Å². The third-order valence-corrected chi connectivity index (χ3v) is 0.876. The zero-order valence-electron chi connectivity index (χ0n) is 5.03. The van der Waals surface area contributed by atoms with E-state index in [4.69, 9.17) is 0 Å². The van der Waals surface area contributed by atoms with Gasteiger partial charge in [-0.05, 0) is 6.07 Å². The van der Waals surface area contributed by atoms with Gasteiger partial charge in [-0.2, -0.15) is 0 Å². The van der Waals surface area contributed by atoms with Crippen LogP contribution in [0.2, 0.25) is 0 Å². The molecule has 0 fully saturated rings. The summed E-state index contributed by atoms with van der Waals surface area (Å²) in [6, 6.07) is 3.20. The molecule has 0 unspecified atom stereocenters. The summed E-state index contributed by atoms with van der Waals surface area (Å²) in [6.07, 6.45) is 1.70. The molecule has 4 nitrogen and oxygen atoms in total. The van der Waals surface area contributed by atoms with E-state index in [0.717, 1.165) is 0 Å². The number of hydrogen-bond donors (Lipinski definition) is 1. The molecule has 1 rings (SSSR count). The minimum Gasteiger partial charge on any atom is -0.404 e. The minimum atomic E-state index is -0.901. The van der Waals surface area contributed by atoms with Crippen molar-refractivity contribution in [1.29, 1.82) is 0 Å². The van der Waals surface area contributed by atoms with Gasteiger partial charge in [0, 0.05) is 12.3 Å². The number of aromatic nitrogens is 1. The van der Waals surface area contributed by atoms with Crippen molar-refractivity contribution < 1.29 is 14.3 Å².